The number of hydrogen-bond acceptors (Lipinski definition) is 3. The highest BCUT2D eigenvalue weighted by Crippen LogP contribution is 2.30. The minimum absolute atomic E-state index is 0.253. The van der Waals surface area contributed by atoms with E-state index in [9.17, 15) is 0 Å². The van der Waals surface area contributed by atoms with Gasteiger partial charge in [0, 0.05) is 18.6 Å². The highest BCUT2D eigenvalue weighted by atomic mass is 15.2. The molecule has 2 aliphatic heterocycles. The van der Waals surface area contributed by atoms with Gasteiger partial charge in [-0.3, -0.25) is 4.90 Å². The highest BCUT2D eigenvalue weighted by molar-refractivity contribution is 4.91. The molecule has 0 amide bonds. The van der Waals surface area contributed by atoms with E-state index in [-0.39, 0.29) is 5.41 Å². The first-order chi connectivity index (χ1) is 8.55. The van der Waals surface area contributed by atoms with Gasteiger partial charge in [-0.15, -0.1) is 0 Å². The molecule has 0 aliphatic carbocycles. The first-order valence-electron chi connectivity index (χ1n) is 7.74. The first kappa shape index (κ1) is 14.3. The van der Waals surface area contributed by atoms with E-state index in [1.807, 2.05) is 0 Å². The summed E-state index contributed by atoms with van der Waals surface area (Å²) in [6.45, 7) is 12.6. The summed E-state index contributed by atoms with van der Waals surface area (Å²) in [6.07, 6.45) is 5.58. The largest absolute Gasteiger partial charge is 0.330 e. The van der Waals surface area contributed by atoms with Crippen LogP contribution in [0.25, 0.3) is 0 Å². The van der Waals surface area contributed by atoms with Crippen LogP contribution in [0.2, 0.25) is 0 Å². The van der Waals surface area contributed by atoms with Crippen LogP contribution < -0.4 is 5.73 Å². The molecule has 0 aromatic heterocycles. The van der Waals surface area contributed by atoms with Crippen LogP contribution in [0.3, 0.4) is 0 Å². The van der Waals surface area contributed by atoms with Gasteiger partial charge in [0.25, 0.3) is 0 Å². The van der Waals surface area contributed by atoms with E-state index < -0.39 is 0 Å². The van der Waals surface area contributed by atoms with Crippen molar-refractivity contribution in [3.63, 3.8) is 0 Å². The Hall–Kier alpha value is -0.120. The van der Waals surface area contributed by atoms with Crippen LogP contribution in [0.1, 0.15) is 46.5 Å². The third kappa shape index (κ3) is 3.25. The summed E-state index contributed by atoms with van der Waals surface area (Å²) in [7, 11) is 0. The van der Waals surface area contributed by atoms with Crippen molar-refractivity contribution in [1.29, 1.82) is 0 Å². The Balaban J connectivity index is 1.92. The molecule has 0 bridgehead atoms. The monoisotopic (exact) mass is 253 g/mol. The molecule has 106 valence electrons. The highest BCUT2D eigenvalue weighted by Gasteiger charge is 2.34. The summed E-state index contributed by atoms with van der Waals surface area (Å²) < 4.78 is 0. The van der Waals surface area contributed by atoms with Crippen LogP contribution in [-0.2, 0) is 0 Å². The molecule has 2 rings (SSSR count). The number of fused-ring (bicyclic) bond motifs is 1. The summed E-state index contributed by atoms with van der Waals surface area (Å²) in [5, 5.41) is 0. The van der Waals surface area contributed by atoms with Crippen molar-refractivity contribution >= 4 is 0 Å². The molecule has 0 radical (unpaired) electrons. The van der Waals surface area contributed by atoms with E-state index in [1.165, 1.54) is 45.3 Å². The number of nitrogens with two attached hydrogens (primary N) is 1. The van der Waals surface area contributed by atoms with Crippen LogP contribution in [0.5, 0.6) is 0 Å². The Labute approximate surface area is 113 Å². The summed E-state index contributed by atoms with van der Waals surface area (Å²) in [6, 6.07) is 1.67. The third-order valence-electron chi connectivity index (χ3n) is 4.90. The number of nitrogens with zero attached hydrogens (tertiary/aromatic N) is 2. The number of hydrogen-bond donors (Lipinski definition) is 1. The third-order valence-corrected chi connectivity index (χ3v) is 4.90. The van der Waals surface area contributed by atoms with Gasteiger partial charge in [0.1, 0.15) is 0 Å². The summed E-state index contributed by atoms with van der Waals surface area (Å²) in [5.74, 6) is 0. The van der Waals surface area contributed by atoms with Gasteiger partial charge in [-0.25, -0.2) is 0 Å². The Morgan fingerprint density at radius 1 is 1.28 bits per heavy atom. The Morgan fingerprint density at radius 2 is 2.06 bits per heavy atom. The standard InChI is InChI=1S/C15H31N3/c1-4-17(12-15(2,3)11-16)14-7-9-18-8-5-6-13(18)10-14/h13-14H,4-12,16H2,1-3H3. The fourth-order valence-electron chi connectivity index (χ4n) is 3.65. The van der Waals surface area contributed by atoms with Crippen molar-refractivity contribution < 1.29 is 0 Å². The molecule has 0 saturated carbocycles. The predicted octanol–water partition coefficient (Wildman–Crippen LogP) is 1.92. The zero-order chi connectivity index (χ0) is 13.2. The summed E-state index contributed by atoms with van der Waals surface area (Å²) in [5.41, 5.74) is 6.14. The molecule has 2 heterocycles. The zero-order valence-corrected chi connectivity index (χ0v) is 12.5. The molecule has 2 saturated heterocycles. The SMILES string of the molecule is CCN(CC(C)(C)CN)C1CCN2CCCC2C1. The van der Waals surface area contributed by atoms with E-state index >= 15 is 0 Å². The Morgan fingerprint density at radius 3 is 2.72 bits per heavy atom. The van der Waals surface area contributed by atoms with Crippen molar-refractivity contribution in [1.82, 2.24) is 9.80 Å². The average molecular weight is 253 g/mol. The molecule has 0 spiro atoms. The van der Waals surface area contributed by atoms with Crippen molar-refractivity contribution in [2.45, 2.75) is 58.5 Å². The van der Waals surface area contributed by atoms with Crippen LogP contribution in [-0.4, -0.2) is 54.6 Å². The van der Waals surface area contributed by atoms with Crippen LogP contribution in [0, 0.1) is 5.41 Å². The summed E-state index contributed by atoms with van der Waals surface area (Å²) in [4.78, 5) is 5.39. The average Bonchev–Trinajstić information content (AvgIpc) is 2.83. The maximum absolute atomic E-state index is 5.89. The first-order valence-corrected chi connectivity index (χ1v) is 7.74. The second-order valence-electron chi connectivity index (χ2n) is 6.94. The molecule has 2 atom stereocenters. The van der Waals surface area contributed by atoms with Crippen molar-refractivity contribution in [3.05, 3.63) is 0 Å². The van der Waals surface area contributed by atoms with E-state index in [1.54, 1.807) is 0 Å². The molecule has 2 N–H and O–H groups in total. The normalized spacial score (nSPS) is 29.8. The predicted molar refractivity (Wildman–Crippen MR) is 77.7 cm³/mol. The molecule has 2 aliphatic rings. The second-order valence-corrected chi connectivity index (χ2v) is 6.94. The van der Waals surface area contributed by atoms with E-state index in [0.717, 1.165) is 25.2 Å². The maximum Gasteiger partial charge on any atom is 0.0122 e. The lowest BCUT2D eigenvalue weighted by atomic mass is 9.90. The molecule has 0 aromatic rings. The van der Waals surface area contributed by atoms with Gasteiger partial charge >= 0.3 is 0 Å². The molecular formula is C15H31N3. The maximum atomic E-state index is 5.89. The van der Waals surface area contributed by atoms with Crippen LogP contribution in [0.15, 0.2) is 0 Å². The minimum Gasteiger partial charge on any atom is -0.330 e. The topological polar surface area (TPSA) is 32.5 Å². The van der Waals surface area contributed by atoms with Crippen LogP contribution >= 0.6 is 0 Å². The lowest BCUT2D eigenvalue weighted by Gasteiger charge is -2.43. The van der Waals surface area contributed by atoms with Crippen molar-refractivity contribution in [2.24, 2.45) is 11.1 Å². The fraction of sp³-hybridized carbons (Fsp3) is 1.00. The zero-order valence-electron chi connectivity index (χ0n) is 12.5. The van der Waals surface area contributed by atoms with Gasteiger partial charge in [-0.05, 0) is 57.3 Å². The van der Waals surface area contributed by atoms with E-state index in [4.69, 9.17) is 5.73 Å². The lowest BCUT2D eigenvalue weighted by molar-refractivity contribution is 0.0664. The van der Waals surface area contributed by atoms with E-state index in [0.29, 0.717) is 0 Å². The van der Waals surface area contributed by atoms with Gasteiger partial charge < -0.3 is 10.6 Å². The van der Waals surface area contributed by atoms with Gasteiger partial charge in [0.15, 0.2) is 0 Å². The van der Waals surface area contributed by atoms with Gasteiger partial charge in [-0.1, -0.05) is 20.8 Å². The fourth-order valence-corrected chi connectivity index (χ4v) is 3.65. The molecule has 2 unspecified atom stereocenters. The number of rotatable bonds is 5. The van der Waals surface area contributed by atoms with Gasteiger partial charge in [0.05, 0.1) is 0 Å². The molecule has 3 heteroatoms. The van der Waals surface area contributed by atoms with Gasteiger partial charge in [-0.2, -0.15) is 0 Å². The van der Waals surface area contributed by atoms with Crippen molar-refractivity contribution in [3.8, 4) is 0 Å². The molecule has 0 aromatic carbocycles. The molecule has 18 heavy (non-hydrogen) atoms. The minimum atomic E-state index is 0.253. The van der Waals surface area contributed by atoms with Crippen LogP contribution in [0.4, 0.5) is 0 Å². The van der Waals surface area contributed by atoms with Gasteiger partial charge in [0.2, 0.25) is 0 Å². The summed E-state index contributed by atoms with van der Waals surface area (Å²) >= 11 is 0. The molecule has 3 nitrogen and oxygen atoms in total. The Kier molecular flexibility index (Phi) is 4.68. The smallest absolute Gasteiger partial charge is 0.0122 e. The Bertz CT molecular complexity index is 264. The molecular weight excluding hydrogens is 222 g/mol. The van der Waals surface area contributed by atoms with E-state index in [2.05, 4.69) is 30.6 Å². The quantitative estimate of drug-likeness (QED) is 0.812. The second kappa shape index (κ2) is 5.89. The lowest BCUT2D eigenvalue weighted by Crippen LogP contribution is -2.50. The van der Waals surface area contributed by atoms with Crippen molar-refractivity contribution in [2.75, 3.05) is 32.7 Å². The number of piperidine rings is 1. The molecule has 2 fully saturated rings.